The van der Waals surface area contributed by atoms with E-state index in [9.17, 15) is 9.90 Å². The van der Waals surface area contributed by atoms with Gasteiger partial charge in [0.2, 0.25) is 0 Å². The van der Waals surface area contributed by atoms with Crippen LogP contribution in [-0.4, -0.2) is 11.0 Å². The molecule has 1 aromatic carbocycles. The molecule has 0 spiro atoms. The van der Waals surface area contributed by atoms with Crippen LogP contribution in [0.3, 0.4) is 0 Å². The number of anilines is 1. The van der Waals surface area contributed by atoms with Crippen LogP contribution in [0.25, 0.3) is 0 Å². The van der Waals surface area contributed by atoms with Gasteiger partial charge in [0.05, 0.1) is 14.0 Å². The Morgan fingerprint density at radius 2 is 2.05 bits per heavy atom. The summed E-state index contributed by atoms with van der Waals surface area (Å²) in [4.78, 5) is 12.4. The quantitative estimate of drug-likeness (QED) is 0.668. The molecule has 2 N–H and O–H groups in total. The van der Waals surface area contributed by atoms with Crippen molar-refractivity contribution in [1.82, 2.24) is 0 Å². The van der Waals surface area contributed by atoms with Crippen molar-refractivity contribution in [3.63, 3.8) is 0 Å². The number of benzene rings is 1. The topological polar surface area (TPSA) is 49.3 Å². The molecule has 118 valence electrons. The van der Waals surface area contributed by atoms with Crippen molar-refractivity contribution in [2.45, 2.75) is 32.8 Å². The van der Waals surface area contributed by atoms with Gasteiger partial charge in [-0.25, -0.2) is 0 Å². The number of halogens is 1. The van der Waals surface area contributed by atoms with E-state index >= 15 is 0 Å². The van der Waals surface area contributed by atoms with Gasteiger partial charge >= 0.3 is 0 Å². The lowest BCUT2D eigenvalue weighted by atomic mass is 9.86. The summed E-state index contributed by atoms with van der Waals surface area (Å²) < 4.78 is 0.960. The maximum Gasteiger partial charge on any atom is 0.257 e. The summed E-state index contributed by atoms with van der Waals surface area (Å²) in [6, 6.07) is 9.27. The predicted molar refractivity (Wildman–Crippen MR) is 100 cm³/mol. The highest BCUT2D eigenvalue weighted by Crippen LogP contribution is 2.33. The summed E-state index contributed by atoms with van der Waals surface area (Å²) in [6.07, 6.45) is 0.635. The van der Waals surface area contributed by atoms with Crippen LogP contribution >= 0.6 is 33.9 Å². The molecule has 2 rings (SSSR count). The van der Waals surface area contributed by atoms with Crippen LogP contribution in [0.1, 0.15) is 43.1 Å². The zero-order valence-corrected chi connectivity index (χ0v) is 15.9. The van der Waals surface area contributed by atoms with Gasteiger partial charge in [0.1, 0.15) is 0 Å². The van der Waals surface area contributed by atoms with Crippen molar-refractivity contribution in [2.24, 2.45) is 5.92 Å². The van der Waals surface area contributed by atoms with Gasteiger partial charge in [0.25, 0.3) is 5.91 Å². The minimum absolute atomic E-state index is 0.140. The molecule has 0 radical (unpaired) electrons. The van der Waals surface area contributed by atoms with E-state index in [0.717, 1.165) is 8.45 Å². The number of carbonyl (C=O) groups is 1. The van der Waals surface area contributed by atoms with Gasteiger partial charge in [-0.05, 0) is 59.4 Å². The largest absolute Gasteiger partial charge is 0.385 e. The van der Waals surface area contributed by atoms with E-state index in [1.165, 1.54) is 11.3 Å². The lowest BCUT2D eigenvalue weighted by Gasteiger charge is -2.28. The first kappa shape index (κ1) is 17.4. The second kappa shape index (κ2) is 7.10. The maximum absolute atomic E-state index is 12.4. The van der Waals surface area contributed by atoms with Gasteiger partial charge in [-0.15, -0.1) is 11.3 Å². The highest BCUT2D eigenvalue weighted by molar-refractivity contribution is 14.1. The minimum atomic E-state index is -0.972. The Bertz CT molecular complexity index is 664. The maximum atomic E-state index is 12.4. The van der Waals surface area contributed by atoms with E-state index in [1.54, 1.807) is 6.92 Å². The van der Waals surface area contributed by atoms with E-state index in [4.69, 9.17) is 0 Å². The number of para-hydroxylation sites is 1. The van der Waals surface area contributed by atoms with Crippen LogP contribution in [0.2, 0.25) is 0 Å². The van der Waals surface area contributed by atoms with E-state index in [2.05, 4.69) is 41.8 Å². The molecule has 0 saturated heterocycles. The molecule has 1 amide bonds. The fourth-order valence-electron chi connectivity index (χ4n) is 2.61. The summed E-state index contributed by atoms with van der Waals surface area (Å²) >= 11 is 3.70. The number of hydrogen-bond donors (Lipinski definition) is 2. The number of nitrogens with one attached hydrogen (secondary N) is 1. The van der Waals surface area contributed by atoms with Crippen LogP contribution in [0.4, 0.5) is 5.69 Å². The van der Waals surface area contributed by atoms with Gasteiger partial charge < -0.3 is 10.4 Å². The standard InChI is InChI=1S/C17H20INO2S/c1-11(2)10-17(3,21)13-6-4-5-7-14(13)19-16(20)12-8-9-22-15(12)18/h4-9,11,21H,10H2,1-3H3,(H,19,20). The summed E-state index contributed by atoms with van der Waals surface area (Å²) in [5.74, 6) is 0.218. The molecule has 0 aliphatic heterocycles. The normalized spacial score (nSPS) is 13.9. The number of aliphatic hydroxyl groups is 1. The smallest absolute Gasteiger partial charge is 0.257 e. The molecule has 1 atom stereocenters. The molecule has 3 nitrogen and oxygen atoms in total. The molecule has 1 heterocycles. The monoisotopic (exact) mass is 429 g/mol. The lowest BCUT2D eigenvalue weighted by molar-refractivity contribution is 0.0356. The Balaban J connectivity index is 2.29. The van der Waals surface area contributed by atoms with Gasteiger partial charge in [-0.3, -0.25) is 4.79 Å². The molecule has 22 heavy (non-hydrogen) atoms. The van der Waals surface area contributed by atoms with E-state index in [-0.39, 0.29) is 5.91 Å². The number of rotatable bonds is 5. The van der Waals surface area contributed by atoms with Crippen LogP contribution in [0.15, 0.2) is 35.7 Å². The first-order chi connectivity index (χ1) is 10.3. The zero-order chi connectivity index (χ0) is 16.3. The number of amides is 1. The summed E-state index contributed by atoms with van der Waals surface area (Å²) in [5, 5.41) is 15.6. The van der Waals surface area contributed by atoms with E-state index in [0.29, 0.717) is 23.6 Å². The molecule has 0 saturated carbocycles. The molecule has 1 aromatic heterocycles. The van der Waals surface area contributed by atoms with Gasteiger partial charge in [0.15, 0.2) is 0 Å². The lowest BCUT2D eigenvalue weighted by Crippen LogP contribution is -2.26. The van der Waals surface area contributed by atoms with Crippen LogP contribution in [-0.2, 0) is 5.60 Å². The Kier molecular flexibility index (Phi) is 5.63. The van der Waals surface area contributed by atoms with Gasteiger partial charge in [-0.1, -0.05) is 32.0 Å². The van der Waals surface area contributed by atoms with Crippen LogP contribution in [0.5, 0.6) is 0 Å². The van der Waals surface area contributed by atoms with Crippen molar-refractivity contribution in [1.29, 1.82) is 0 Å². The fraction of sp³-hybridized carbons (Fsp3) is 0.353. The third kappa shape index (κ3) is 4.08. The van der Waals surface area contributed by atoms with Gasteiger partial charge in [0, 0.05) is 11.3 Å². The predicted octanol–water partition coefficient (Wildman–Crippen LogP) is 4.86. The second-order valence-electron chi connectivity index (χ2n) is 5.98. The summed E-state index contributed by atoms with van der Waals surface area (Å²) in [7, 11) is 0. The van der Waals surface area contributed by atoms with Crippen LogP contribution in [0, 0.1) is 8.80 Å². The van der Waals surface area contributed by atoms with Crippen molar-refractivity contribution in [3.8, 4) is 0 Å². The van der Waals surface area contributed by atoms with Gasteiger partial charge in [-0.2, -0.15) is 0 Å². The number of thiophene rings is 1. The zero-order valence-electron chi connectivity index (χ0n) is 12.9. The molecule has 2 aromatic rings. The fourth-order valence-corrected chi connectivity index (χ4v) is 4.09. The van der Waals surface area contributed by atoms with Crippen LogP contribution < -0.4 is 5.32 Å². The molecular formula is C17H20INO2S. The first-order valence-electron chi connectivity index (χ1n) is 7.17. The minimum Gasteiger partial charge on any atom is -0.385 e. The number of carbonyl (C=O) groups excluding carboxylic acids is 1. The van der Waals surface area contributed by atoms with Crippen molar-refractivity contribution >= 4 is 45.5 Å². The van der Waals surface area contributed by atoms with E-state index in [1.807, 2.05) is 35.7 Å². The first-order valence-corrected chi connectivity index (χ1v) is 9.13. The third-order valence-electron chi connectivity index (χ3n) is 3.42. The molecule has 0 bridgehead atoms. The van der Waals surface area contributed by atoms with E-state index < -0.39 is 5.60 Å². The molecule has 1 unspecified atom stereocenters. The molecule has 0 fully saturated rings. The summed E-state index contributed by atoms with van der Waals surface area (Å²) in [6.45, 7) is 5.94. The molecular weight excluding hydrogens is 409 g/mol. The molecule has 0 aliphatic carbocycles. The Labute approximate surface area is 148 Å². The highest BCUT2D eigenvalue weighted by atomic mass is 127. The number of hydrogen-bond acceptors (Lipinski definition) is 3. The average Bonchev–Trinajstić information content (AvgIpc) is 2.84. The average molecular weight is 429 g/mol. The molecule has 5 heteroatoms. The third-order valence-corrected chi connectivity index (χ3v) is 5.47. The van der Waals surface area contributed by atoms with Crippen molar-refractivity contribution in [2.75, 3.05) is 5.32 Å². The second-order valence-corrected chi connectivity index (χ2v) is 8.71. The summed E-state index contributed by atoms with van der Waals surface area (Å²) in [5.41, 5.74) is 1.12. The van der Waals surface area contributed by atoms with Crippen molar-refractivity contribution < 1.29 is 9.90 Å². The Morgan fingerprint density at radius 3 is 2.64 bits per heavy atom. The SMILES string of the molecule is CC(C)CC(C)(O)c1ccccc1NC(=O)c1ccsc1I. The molecule has 0 aliphatic rings. The Morgan fingerprint density at radius 1 is 1.36 bits per heavy atom. The van der Waals surface area contributed by atoms with Crippen molar-refractivity contribution in [3.05, 3.63) is 49.7 Å². The highest BCUT2D eigenvalue weighted by Gasteiger charge is 2.27. The Hall–Kier alpha value is -0.920.